The summed E-state index contributed by atoms with van der Waals surface area (Å²) in [4.78, 5) is 25.3. The van der Waals surface area contributed by atoms with E-state index in [1.807, 2.05) is 0 Å². The van der Waals surface area contributed by atoms with Gasteiger partial charge in [0.05, 0.1) is 15.3 Å². The number of amides is 1. The average Bonchev–Trinajstić information content (AvgIpc) is 3.15. The Morgan fingerprint density at radius 1 is 1.04 bits per heavy atom. The molecule has 2 aromatic carbocycles. The molecule has 28 heavy (non-hydrogen) atoms. The monoisotopic (exact) mass is 420 g/mol. The van der Waals surface area contributed by atoms with E-state index in [-0.39, 0.29) is 50.6 Å². The molecule has 0 bridgehead atoms. The standard InChI is InChI=1S/C20H20N2O4S.ClH/c21-12-20(9-3-4-10-20)22-19(24)13-7-8-15-17(11-13)27(25,26)16-6-2-1-5-14(16)18(15)23;/h1-2,5-8,11H,3-4,9-10,12,21H2,(H,22,24);1H. The minimum absolute atomic E-state index is 0. The van der Waals surface area contributed by atoms with Crippen LogP contribution in [0.3, 0.4) is 0 Å². The smallest absolute Gasteiger partial charge is 0.251 e. The summed E-state index contributed by atoms with van der Waals surface area (Å²) < 4.78 is 26.0. The molecule has 3 N–H and O–H groups in total. The first-order valence-corrected chi connectivity index (χ1v) is 10.4. The first-order valence-electron chi connectivity index (χ1n) is 8.93. The molecule has 8 heteroatoms. The molecule has 0 aromatic heterocycles. The summed E-state index contributed by atoms with van der Waals surface area (Å²) in [5, 5.41) is 2.98. The van der Waals surface area contributed by atoms with Crippen LogP contribution in [0.5, 0.6) is 0 Å². The van der Waals surface area contributed by atoms with Crippen molar-refractivity contribution in [3.05, 3.63) is 59.2 Å². The zero-order chi connectivity index (χ0) is 19.2. The van der Waals surface area contributed by atoms with Gasteiger partial charge < -0.3 is 11.1 Å². The van der Waals surface area contributed by atoms with Crippen molar-refractivity contribution in [2.45, 2.75) is 41.0 Å². The number of halogens is 1. The number of carbonyl (C=O) groups excluding carboxylic acids is 2. The number of fused-ring (bicyclic) bond motifs is 2. The molecule has 1 aliphatic heterocycles. The third-order valence-corrected chi connectivity index (χ3v) is 7.38. The third kappa shape index (κ3) is 3.13. The van der Waals surface area contributed by atoms with Crippen LogP contribution in [-0.2, 0) is 9.84 Å². The normalized spacial score (nSPS) is 18.5. The van der Waals surface area contributed by atoms with Crippen LogP contribution in [0.4, 0.5) is 0 Å². The Kier molecular flexibility index (Phi) is 5.36. The molecule has 1 amide bonds. The predicted octanol–water partition coefficient (Wildman–Crippen LogP) is 2.49. The molecule has 2 aromatic rings. The number of hydrogen-bond donors (Lipinski definition) is 2. The van der Waals surface area contributed by atoms with Crippen LogP contribution in [0.1, 0.15) is 52.0 Å². The zero-order valence-corrected chi connectivity index (χ0v) is 16.7. The number of sulfone groups is 1. The average molecular weight is 421 g/mol. The van der Waals surface area contributed by atoms with Crippen LogP contribution >= 0.6 is 12.4 Å². The molecule has 0 saturated heterocycles. The number of ketones is 1. The number of benzene rings is 2. The summed E-state index contributed by atoms with van der Waals surface area (Å²) >= 11 is 0. The van der Waals surface area contributed by atoms with Crippen LogP contribution < -0.4 is 11.1 Å². The highest BCUT2D eigenvalue weighted by Gasteiger charge is 2.37. The van der Waals surface area contributed by atoms with Gasteiger partial charge in [0.25, 0.3) is 5.91 Å². The Hall–Kier alpha value is -2.22. The quantitative estimate of drug-likeness (QED) is 0.677. The van der Waals surface area contributed by atoms with Gasteiger partial charge in [-0.05, 0) is 43.2 Å². The van der Waals surface area contributed by atoms with Gasteiger partial charge in [0.1, 0.15) is 0 Å². The second-order valence-corrected chi connectivity index (χ2v) is 9.07. The minimum atomic E-state index is -3.86. The van der Waals surface area contributed by atoms with Crippen LogP contribution in [-0.4, -0.2) is 32.2 Å². The van der Waals surface area contributed by atoms with E-state index in [4.69, 9.17) is 5.73 Å². The molecule has 2 aliphatic rings. The lowest BCUT2D eigenvalue weighted by Crippen LogP contribution is -2.51. The Labute approximate surface area is 169 Å². The Morgan fingerprint density at radius 3 is 2.36 bits per heavy atom. The molecule has 4 rings (SSSR count). The van der Waals surface area contributed by atoms with Crippen molar-refractivity contribution in [3.8, 4) is 0 Å². The van der Waals surface area contributed by atoms with E-state index in [1.165, 1.54) is 30.3 Å². The highest BCUT2D eigenvalue weighted by molar-refractivity contribution is 7.91. The van der Waals surface area contributed by atoms with Gasteiger partial charge in [-0.25, -0.2) is 8.42 Å². The topological polar surface area (TPSA) is 106 Å². The summed E-state index contributed by atoms with van der Waals surface area (Å²) in [7, 11) is -3.86. The van der Waals surface area contributed by atoms with Gasteiger partial charge >= 0.3 is 0 Å². The van der Waals surface area contributed by atoms with Crippen molar-refractivity contribution in [3.63, 3.8) is 0 Å². The number of nitrogens with one attached hydrogen (secondary N) is 1. The summed E-state index contributed by atoms with van der Waals surface area (Å²) in [5.74, 6) is -0.719. The van der Waals surface area contributed by atoms with Gasteiger partial charge in [0, 0.05) is 23.2 Å². The minimum Gasteiger partial charge on any atom is -0.345 e. The predicted molar refractivity (Wildman–Crippen MR) is 107 cm³/mol. The summed E-state index contributed by atoms with van der Waals surface area (Å²) in [6.45, 7) is 0.341. The summed E-state index contributed by atoms with van der Waals surface area (Å²) in [6.07, 6.45) is 3.62. The zero-order valence-electron chi connectivity index (χ0n) is 15.1. The first-order chi connectivity index (χ1) is 12.9. The molecule has 1 fully saturated rings. The van der Waals surface area contributed by atoms with E-state index in [9.17, 15) is 18.0 Å². The summed E-state index contributed by atoms with van der Waals surface area (Å²) in [5.41, 5.74) is 5.90. The van der Waals surface area contributed by atoms with Gasteiger partial charge in [-0.15, -0.1) is 12.4 Å². The second kappa shape index (κ2) is 7.31. The van der Waals surface area contributed by atoms with E-state index in [0.717, 1.165) is 25.7 Å². The van der Waals surface area contributed by atoms with Crippen molar-refractivity contribution in [2.75, 3.05) is 6.54 Å². The molecule has 1 saturated carbocycles. The lowest BCUT2D eigenvalue weighted by Gasteiger charge is -2.29. The molecule has 0 radical (unpaired) electrons. The molecule has 0 unspecified atom stereocenters. The van der Waals surface area contributed by atoms with Crippen LogP contribution in [0.2, 0.25) is 0 Å². The van der Waals surface area contributed by atoms with E-state index in [0.29, 0.717) is 6.54 Å². The highest BCUT2D eigenvalue weighted by atomic mass is 35.5. The molecule has 1 heterocycles. The maximum atomic E-state index is 13.0. The largest absolute Gasteiger partial charge is 0.345 e. The highest BCUT2D eigenvalue weighted by Crippen LogP contribution is 2.35. The van der Waals surface area contributed by atoms with E-state index < -0.39 is 15.4 Å². The fourth-order valence-electron chi connectivity index (χ4n) is 3.97. The van der Waals surface area contributed by atoms with Crippen LogP contribution in [0.15, 0.2) is 52.3 Å². The fourth-order valence-corrected chi connectivity index (χ4v) is 5.65. The molecular formula is C20H21ClN2O4S. The van der Waals surface area contributed by atoms with Crippen molar-refractivity contribution in [2.24, 2.45) is 5.73 Å². The Balaban J connectivity index is 0.00000225. The fraction of sp³-hybridized carbons (Fsp3) is 0.300. The van der Waals surface area contributed by atoms with E-state index >= 15 is 0 Å². The van der Waals surface area contributed by atoms with E-state index in [2.05, 4.69) is 5.32 Å². The Morgan fingerprint density at radius 2 is 1.68 bits per heavy atom. The number of rotatable bonds is 3. The third-order valence-electron chi connectivity index (χ3n) is 5.53. The van der Waals surface area contributed by atoms with Gasteiger partial charge in [0.15, 0.2) is 5.78 Å². The number of carbonyl (C=O) groups is 2. The molecule has 0 spiro atoms. The molecule has 6 nitrogen and oxygen atoms in total. The van der Waals surface area contributed by atoms with Crippen molar-refractivity contribution in [1.82, 2.24) is 5.32 Å². The second-order valence-electron chi connectivity index (χ2n) is 7.19. The molecule has 0 atom stereocenters. The van der Waals surface area contributed by atoms with E-state index in [1.54, 1.807) is 12.1 Å². The maximum Gasteiger partial charge on any atom is 0.251 e. The van der Waals surface area contributed by atoms with Gasteiger partial charge in [-0.1, -0.05) is 25.0 Å². The van der Waals surface area contributed by atoms with Gasteiger partial charge in [-0.3, -0.25) is 9.59 Å². The Bertz CT molecular complexity index is 1060. The van der Waals surface area contributed by atoms with Crippen molar-refractivity contribution >= 4 is 33.9 Å². The molecular weight excluding hydrogens is 400 g/mol. The lowest BCUT2D eigenvalue weighted by atomic mass is 9.96. The van der Waals surface area contributed by atoms with Gasteiger partial charge in [-0.2, -0.15) is 0 Å². The molecule has 148 valence electrons. The number of nitrogens with two attached hydrogens (primary N) is 1. The van der Waals surface area contributed by atoms with Crippen molar-refractivity contribution < 1.29 is 18.0 Å². The lowest BCUT2D eigenvalue weighted by molar-refractivity contribution is 0.0901. The summed E-state index contributed by atoms with van der Waals surface area (Å²) in [6, 6.07) is 10.3. The van der Waals surface area contributed by atoms with Crippen molar-refractivity contribution in [1.29, 1.82) is 0 Å². The van der Waals surface area contributed by atoms with Crippen LogP contribution in [0, 0.1) is 0 Å². The molecule has 1 aliphatic carbocycles. The number of hydrogen-bond acceptors (Lipinski definition) is 5. The first kappa shape index (κ1) is 20.5. The maximum absolute atomic E-state index is 13.0. The van der Waals surface area contributed by atoms with Gasteiger partial charge in [0.2, 0.25) is 9.84 Å². The van der Waals surface area contributed by atoms with Crippen LogP contribution in [0.25, 0.3) is 0 Å². The SMILES string of the molecule is Cl.NCC1(NC(=O)c2ccc3c(c2)S(=O)(=O)c2ccccc2C3=O)CCCC1.